The lowest BCUT2D eigenvalue weighted by Crippen LogP contribution is -2.45. The van der Waals surface area contributed by atoms with Crippen molar-refractivity contribution < 1.29 is 23.8 Å². The Hall–Kier alpha value is -3.46. The molecule has 1 aromatic heterocycles. The highest BCUT2D eigenvalue weighted by Crippen LogP contribution is 2.32. The highest BCUT2D eigenvalue weighted by molar-refractivity contribution is 5.94. The average Bonchev–Trinajstić information content (AvgIpc) is 2.70. The number of aromatic hydroxyl groups is 1. The number of phenolic OH excluding ortho intramolecular Hbond substituents is 1. The smallest absolute Gasteiger partial charge is 0.341 e. The molecule has 3 aromatic rings. The third-order valence-corrected chi connectivity index (χ3v) is 5.33. The van der Waals surface area contributed by atoms with Crippen LogP contribution in [0.25, 0.3) is 16.6 Å². The Balaban J connectivity index is 2.04. The van der Waals surface area contributed by atoms with Gasteiger partial charge in [-0.25, -0.2) is 13.6 Å². The van der Waals surface area contributed by atoms with Crippen LogP contribution in [-0.4, -0.2) is 58.9 Å². The van der Waals surface area contributed by atoms with Gasteiger partial charge in [-0.2, -0.15) is 0 Å². The van der Waals surface area contributed by atoms with E-state index in [0.29, 0.717) is 31.9 Å². The van der Waals surface area contributed by atoms with E-state index in [1.807, 2.05) is 11.9 Å². The fourth-order valence-corrected chi connectivity index (χ4v) is 3.69. The van der Waals surface area contributed by atoms with Gasteiger partial charge in [-0.15, -0.1) is 0 Å². The zero-order valence-corrected chi connectivity index (χ0v) is 16.1. The summed E-state index contributed by atoms with van der Waals surface area (Å²) in [5, 5.41) is 18.6. The quantitative estimate of drug-likeness (QED) is 0.684. The predicted octanol–water partition coefficient (Wildman–Crippen LogP) is 2.42. The lowest BCUT2D eigenvalue weighted by molar-refractivity contribution is 0.0695. The van der Waals surface area contributed by atoms with Crippen molar-refractivity contribution in [3.05, 3.63) is 63.9 Å². The van der Waals surface area contributed by atoms with E-state index in [4.69, 9.17) is 0 Å². The summed E-state index contributed by atoms with van der Waals surface area (Å²) >= 11 is 0. The first-order chi connectivity index (χ1) is 14.3. The normalized spacial score (nSPS) is 15.0. The van der Waals surface area contributed by atoms with Crippen molar-refractivity contribution in [1.82, 2.24) is 9.47 Å². The summed E-state index contributed by atoms with van der Waals surface area (Å²) in [6, 6.07) is 6.50. The Labute approximate surface area is 170 Å². The van der Waals surface area contributed by atoms with Gasteiger partial charge < -0.3 is 24.6 Å². The van der Waals surface area contributed by atoms with Crippen LogP contribution in [0.1, 0.15) is 10.4 Å². The zero-order chi connectivity index (χ0) is 21.6. The van der Waals surface area contributed by atoms with Crippen molar-refractivity contribution in [2.24, 2.45) is 0 Å². The monoisotopic (exact) mass is 415 g/mol. The summed E-state index contributed by atoms with van der Waals surface area (Å²) in [6.45, 7) is 2.07. The molecule has 9 heteroatoms. The molecular formula is C21H19F2N3O4. The van der Waals surface area contributed by atoms with Gasteiger partial charge in [0.1, 0.15) is 22.8 Å². The summed E-state index contributed by atoms with van der Waals surface area (Å²) in [7, 11) is 1.92. The third-order valence-electron chi connectivity index (χ3n) is 5.33. The number of fused-ring (bicyclic) bond motifs is 1. The van der Waals surface area contributed by atoms with Crippen LogP contribution in [0.2, 0.25) is 0 Å². The van der Waals surface area contributed by atoms with Gasteiger partial charge >= 0.3 is 5.97 Å². The van der Waals surface area contributed by atoms with E-state index >= 15 is 4.39 Å². The Kier molecular flexibility index (Phi) is 4.90. The molecule has 30 heavy (non-hydrogen) atoms. The van der Waals surface area contributed by atoms with E-state index in [1.54, 1.807) is 4.90 Å². The molecule has 2 aromatic carbocycles. The van der Waals surface area contributed by atoms with E-state index in [2.05, 4.69) is 0 Å². The number of likely N-dealkylation sites (N-methyl/N-ethyl adjacent to an activating group) is 1. The van der Waals surface area contributed by atoms with E-state index < -0.39 is 28.6 Å². The molecule has 1 aliphatic rings. The van der Waals surface area contributed by atoms with Crippen molar-refractivity contribution in [3.63, 3.8) is 0 Å². The van der Waals surface area contributed by atoms with Gasteiger partial charge in [-0.1, -0.05) is 0 Å². The van der Waals surface area contributed by atoms with Gasteiger partial charge in [0.05, 0.1) is 10.9 Å². The molecule has 4 rings (SSSR count). The van der Waals surface area contributed by atoms with Crippen LogP contribution in [0.5, 0.6) is 5.75 Å². The number of rotatable bonds is 3. The van der Waals surface area contributed by atoms with Crippen molar-refractivity contribution in [1.29, 1.82) is 0 Å². The topological polar surface area (TPSA) is 86.0 Å². The number of halogens is 2. The Morgan fingerprint density at radius 1 is 1.07 bits per heavy atom. The molecule has 1 fully saturated rings. The fourth-order valence-electron chi connectivity index (χ4n) is 3.69. The molecule has 0 spiro atoms. The third kappa shape index (κ3) is 3.26. The number of anilines is 1. The number of hydrogen-bond acceptors (Lipinski definition) is 5. The van der Waals surface area contributed by atoms with Gasteiger partial charge in [0.2, 0.25) is 5.43 Å². The van der Waals surface area contributed by atoms with Gasteiger partial charge in [0.25, 0.3) is 0 Å². The minimum atomic E-state index is -1.50. The standard InChI is InChI=1S/C21H19F2N3O4/c1-24-6-8-25(9-7-24)19-16(22)10-14-18(17(19)23)26(11-15(20(14)28)21(29)30)12-2-4-13(27)5-3-12/h2-5,10-11,27H,6-9H2,1H3,(H,29,30). The maximum Gasteiger partial charge on any atom is 0.341 e. The molecule has 0 atom stereocenters. The number of hydrogen-bond donors (Lipinski definition) is 2. The molecule has 2 N–H and O–H groups in total. The summed E-state index contributed by atoms with van der Waals surface area (Å²) in [4.78, 5) is 27.8. The predicted molar refractivity (Wildman–Crippen MR) is 108 cm³/mol. The number of carboxylic acids is 1. The van der Waals surface area contributed by atoms with Gasteiger partial charge in [0, 0.05) is 38.1 Å². The lowest BCUT2D eigenvalue weighted by Gasteiger charge is -2.34. The number of piperazine rings is 1. The average molecular weight is 415 g/mol. The molecule has 1 aliphatic heterocycles. The number of aromatic nitrogens is 1. The molecule has 0 radical (unpaired) electrons. The van der Waals surface area contributed by atoms with E-state index in [1.165, 1.54) is 28.8 Å². The first kappa shape index (κ1) is 19.8. The molecule has 1 saturated heterocycles. The Bertz CT molecular complexity index is 1200. The van der Waals surface area contributed by atoms with Gasteiger partial charge in [0.15, 0.2) is 5.82 Å². The van der Waals surface area contributed by atoms with Crippen LogP contribution in [0.15, 0.2) is 41.3 Å². The second-order valence-electron chi connectivity index (χ2n) is 7.27. The van der Waals surface area contributed by atoms with Crippen LogP contribution < -0.4 is 10.3 Å². The molecule has 0 saturated carbocycles. The number of phenols is 1. The SMILES string of the molecule is CN1CCN(c2c(F)cc3c(=O)c(C(=O)O)cn(-c4ccc(O)cc4)c3c2F)CC1. The fraction of sp³-hybridized carbons (Fsp3) is 0.238. The van der Waals surface area contributed by atoms with E-state index in [0.717, 1.165) is 12.3 Å². The first-order valence-electron chi connectivity index (χ1n) is 9.31. The minimum absolute atomic E-state index is 0.0350. The van der Waals surface area contributed by atoms with E-state index in [-0.39, 0.29) is 22.3 Å². The highest BCUT2D eigenvalue weighted by Gasteiger charge is 2.27. The number of aromatic carboxylic acids is 1. The molecule has 2 heterocycles. The maximum atomic E-state index is 15.7. The maximum absolute atomic E-state index is 15.7. The molecule has 0 aliphatic carbocycles. The van der Waals surface area contributed by atoms with Crippen LogP contribution in [0.4, 0.5) is 14.5 Å². The summed E-state index contributed by atoms with van der Waals surface area (Å²) in [6.07, 6.45) is 1.02. The van der Waals surface area contributed by atoms with Crippen LogP contribution >= 0.6 is 0 Å². The number of carbonyl (C=O) groups is 1. The second kappa shape index (κ2) is 7.42. The van der Waals surface area contributed by atoms with Crippen molar-refractivity contribution >= 4 is 22.6 Å². The molecular weight excluding hydrogens is 396 g/mol. The Morgan fingerprint density at radius 3 is 2.30 bits per heavy atom. The Morgan fingerprint density at radius 2 is 1.70 bits per heavy atom. The number of pyridine rings is 1. The molecule has 0 bridgehead atoms. The summed E-state index contributed by atoms with van der Waals surface area (Å²) < 4.78 is 31.8. The first-order valence-corrected chi connectivity index (χ1v) is 9.31. The number of carboxylic acid groups (broad SMARTS) is 1. The number of nitrogens with zero attached hydrogens (tertiary/aromatic N) is 3. The van der Waals surface area contributed by atoms with Crippen LogP contribution in [0, 0.1) is 11.6 Å². The summed E-state index contributed by atoms with van der Waals surface area (Å²) in [5.74, 6) is -3.39. The molecule has 156 valence electrons. The van der Waals surface area contributed by atoms with Gasteiger partial charge in [-0.3, -0.25) is 4.79 Å². The molecule has 0 unspecified atom stereocenters. The van der Waals surface area contributed by atoms with E-state index in [9.17, 15) is 24.2 Å². The van der Waals surface area contributed by atoms with Crippen molar-refractivity contribution in [3.8, 4) is 11.4 Å². The zero-order valence-electron chi connectivity index (χ0n) is 16.1. The second-order valence-corrected chi connectivity index (χ2v) is 7.27. The van der Waals surface area contributed by atoms with Crippen LogP contribution in [-0.2, 0) is 0 Å². The van der Waals surface area contributed by atoms with Crippen LogP contribution in [0.3, 0.4) is 0 Å². The largest absolute Gasteiger partial charge is 0.508 e. The van der Waals surface area contributed by atoms with Gasteiger partial charge in [-0.05, 0) is 37.4 Å². The summed E-state index contributed by atoms with van der Waals surface area (Å²) in [5.41, 5.74) is -1.72. The van der Waals surface area contributed by atoms with Crippen molar-refractivity contribution in [2.75, 3.05) is 38.1 Å². The minimum Gasteiger partial charge on any atom is -0.508 e. The lowest BCUT2D eigenvalue weighted by atomic mass is 10.1. The highest BCUT2D eigenvalue weighted by atomic mass is 19.1. The number of benzene rings is 2. The molecule has 7 nitrogen and oxygen atoms in total. The molecule has 0 amide bonds. The van der Waals surface area contributed by atoms with Crippen molar-refractivity contribution in [2.45, 2.75) is 0 Å².